The molecule has 0 bridgehead atoms. The maximum atomic E-state index is 5.52. The van der Waals surface area contributed by atoms with Crippen LogP contribution in [0.5, 0.6) is 5.75 Å². The van der Waals surface area contributed by atoms with Gasteiger partial charge in [0.2, 0.25) is 0 Å². The third kappa shape index (κ3) is 1.44. The maximum Gasteiger partial charge on any atom is 0.137 e. The average Bonchev–Trinajstić information content (AvgIpc) is 2.61. The first-order valence-corrected chi connectivity index (χ1v) is 4.55. The molecule has 0 aliphatic heterocycles. The SMILES string of the molecule is COc1cnc2[nH]cc(CCN)c2c1. The topological polar surface area (TPSA) is 63.9 Å². The summed E-state index contributed by atoms with van der Waals surface area (Å²) in [4.78, 5) is 7.34. The molecule has 0 amide bonds. The standard InChI is InChI=1S/C10H13N3O/c1-14-8-4-9-7(2-3-11)5-12-10(9)13-6-8/h4-6H,2-3,11H2,1H3,(H,12,13). The Kier molecular flexibility index (Phi) is 2.37. The summed E-state index contributed by atoms with van der Waals surface area (Å²) in [7, 11) is 1.64. The number of H-pyrrole nitrogens is 1. The Balaban J connectivity index is 2.52. The normalized spacial score (nSPS) is 10.7. The van der Waals surface area contributed by atoms with Crippen molar-refractivity contribution < 1.29 is 4.74 Å². The highest BCUT2D eigenvalue weighted by molar-refractivity contribution is 5.80. The van der Waals surface area contributed by atoms with Crippen molar-refractivity contribution in [3.05, 3.63) is 24.0 Å². The van der Waals surface area contributed by atoms with Crippen LogP contribution in [0, 0.1) is 0 Å². The molecule has 14 heavy (non-hydrogen) atoms. The number of aromatic nitrogens is 2. The van der Waals surface area contributed by atoms with Crippen LogP contribution in [0.2, 0.25) is 0 Å². The van der Waals surface area contributed by atoms with Gasteiger partial charge in [-0.3, -0.25) is 0 Å². The molecule has 2 aromatic rings. The van der Waals surface area contributed by atoms with Gasteiger partial charge in [0.05, 0.1) is 13.3 Å². The second-order valence-electron chi connectivity index (χ2n) is 3.12. The number of hydrogen-bond acceptors (Lipinski definition) is 3. The van der Waals surface area contributed by atoms with E-state index in [1.807, 2.05) is 12.3 Å². The summed E-state index contributed by atoms with van der Waals surface area (Å²) in [5.41, 5.74) is 7.59. The van der Waals surface area contributed by atoms with Crippen molar-refractivity contribution in [2.75, 3.05) is 13.7 Å². The predicted octanol–water partition coefficient (Wildman–Crippen LogP) is 1.07. The third-order valence-electron chi connectivity index (χ3n) is 2.24. The van der Waals surface area contributed by atoms with E-state index in [2.05, 4.69) is 9.97 Å². The molecule has 0 spiro atoms. The van der Waals surface area contributed by atoms with Gasteiger partial charge in [0, 0.05) is 11.6 Å². The van der Waals surface area contributed by atoms with Gasteiger partial charge in [-0.2, -0.15) is 0 Å². The number of fused-ring (bicyclic) bond motifs is 1. The van der Waals surface area contributed by atoms with E-state index in [-0.39, 0.29) is 0 Å². The molecule has 2 heterocycles. The average molecular weight is 191 g/mol. The minimum Gasteiger partial charge on any atom is -0.495 e. The molecule has 0 unspecified atom stereocenters. The first-order chi connectivity index (χ1) is 6.85. The summed E-state index contributed by atoms with van der Waals surface area (Å²) in [5, 5.41) is 1.09. The lowest BCUT2D eigenvalue weighted by Crippen LogP contribution is -2.01. The molecule has 3 N–H and O–H groups in total. The number of aromatic amines is 1. The number of pyridine rings is 1. The number of ether oxygens (including phenoxy) is 1. The zero-order valence-corrected chi connectivity index (χ0v) is 8.08. The molecular weight excluding hydrogens is 178 g/mol. The lowest BCUT2D eigenvalue weighted by Gasteiger charge is -1.99. The van der Waals surface area contributed by atoms with Crippen LogP contribution in [-0.2, 0) is 6.42 Å². The Hall–Kier alpha value is -1.55. The van der Waals surface area contributed by atoms with E-state index < -0.39 is 0 Å². The Morgan fingerprint density at radius 2 is 2.43 bits per heavy atom. The molecule has 0 atom stereocenters. The van der Waals surface area contributed by atoms with Crippen molar-refractivity contribution in [1.29, 1.82) is 0 Å². The van der Waals surface area contributed by atoms with Gasteiger partial charge in [0.25, 0.3) is 0 Å². The lowest BCUT2D eigenvalue weighted by atomic mass is 10.1. The number of methoxy groups -OCH3 is 1. The highest BCUT2D eigenvalue weighted by Gasteiger charge is 2.04. The molecule has 4 nitrogen and oxygen atoms in total. The molecular formula is C10H13N3O. The molecule has 74 valence electrons. The van der Waals surface area contributed by atoms with Gasteiger partial charge in [-0.25, -0.2) is 4.98 Å². The monoisotopic (exact) mass is 191 g/mol. The zero-order valence-electron chi connectivity index (χ0n) is 8.08. The summed E-state index contributed by atoms with van der Waals surface area (Å²) >= 11 is 0. The van der Waals surface area contributed by atoms with Gasteiger partial charge >= 0.3 is 0 Å². The molecule has 0 aromatic carbocycles. The van der Waals surface area contributed by atoms with Gasteiger partial charge < -0.3 is 15.5 Å². The summed E-state index contributed by atoms with van der Waals surface area (Å²) in [6.07, 6.45) is 4.50. The van der Waals surface area contributed by atoms with Crippen molar-refractivity contribution in [3.8, 4) is 5.75 Å². The van der Waals surface area contributed by atoms with E-state index in [4.69, 9.17) is 10.5 Å². The van der Waals surface area contributed by atoms with E-state index in [1.54, 1.807) is 13.3 Å². The Morgan fingerprint density at radius 1 is 1.57 bits per heavy atom. The summed E-state index contributed by atoms with van der Waals surface area (Å²) < 4.78 is 5.12. The summed E-state index contributed by atoms with van der Waals surface area (Å²) in [5.74, 6) is 0.773. The van der Waals surface area contributed by atoms with Crippen LogP contribution in [0.15, 0.2) is 18.5 Å². The fourth-order valence-electron chi connectivity index (χ4n) is 1.51. The number of nitrogens with zero attached hydrogens (tertiary/aromatic N) is 1. The highest BCUT2D eigenvalue weighted by Crippen LogP contribution is 2.21. The van der Waals surface area contributed by atoms with Crippen molar-refractivity contribution in [2.24, 2.45) is 5.73 Å². The van der Waals surface area contributed by atoms with E-state index in [0.717, 1.165) is 23.2 Å². The van der Waals surface area contributed by atoms with E-state index in [1.165, 1.54) is 5.56 Å². The van der Waals surface area contributed by atoms with Crippen LogP contribution in [0.25, 0.3) is 11.0 Å². The van der Waals surface area contributed by atoms with Crippen LogP contribution in [0.3, 0.4) is 0 Å². The number of nitrogens with one attached hydrogen (secondary N) is 1. The Labute approximate surface area is 82.1 Å². The minimum atomic E-state index is 0.643. The van der Waals surface area contributed by atoms with E-state index in [0.29, 0.717) is 6.54 Å². The van der Waals surface area contributed by atoms with Gasteiger partial charge in [-0.15, -0.1) is 0 Å². The lowest BCUT2D eigenvalue weighted by molar-refractivity contribution is 0.413. The molecule has 0 aliphatic rings. The molecule has 0 radical (unpaired) electrons. The summed E-state index contributed by atoms with van der Waals surface area (Å²) in [6, 6.07) is 1.98. The predicted molar refractivity (Wildman–Crippen MR) is 55.4 cm³/mol. The van der Waals surface area contributed by atoms with Crippen LogP contribution < -0.4 is 10.5 Å². The number of hydrogen-bond donors (Lipinski definition) is 2. The third-order valence-corrected chi connectivity index (χ3v) is 2.24. The molecule has 0 saturated carbocycles. The fraction of sp³-hybridized carbons (Fsp3) is 0.300. The molecule has 4 heteroatoms. The van der Waals surface area contributed by atoms with Gasteiger partial charge in [-0.05, 0) is 24.6 Å². The maximum absolute atomic E-state index is 5.52. The van der Waals surface area contributed by atoms with Crippen molar-refractivity contribution in [3.63, 3.8) is 0 Å². The zero-order chi connectivity index (χ0) is 9.97. The molecule has 0 saturated heterocycles. The highest BCUT2D eigenvalue weighted by atomic mass is 16.5. The Bertz CT molecular complexity index is 436. The first kappa shape index (κ1) is 9.02. The van der Waals surface area contributed by atoms with Crippen molar-refractivity contribution >= 4 is 11.0 Å². The van der Waals surface area contributed by atoms with Crippen LogP contribution >= 0.6 is 0 Å². The Morgan fingerprint density at radius 3 is 3.14 bits per heavy atom. The van der Waals surface area contributed by atoms with E-state index >= 15 is 0 Å². The molecule has 2 rings (SSSR count). The largest absolute Gasteiger partial charge is 0.495 e. The van der Waals surface area contributed by atoms with Crippen LogP contribution in [-0.4, -0.2) is 23.6 Å². The molecule has 2 aromatic heterocycles. The molecule has 0 aliphatic carbocycles. The smallest absolute Gasteiger partial charge is 0.137 e. The fourth-order valence-corrected chi connectivity index (χ4v) is 1.51. The van der Waals surface area contributed by atoms with Crippen LogP contribution in [0.4, 0.5) is 0 Å². The van der Waals surface area contributed by atoms with Gasteiger partial charge in [0.15, 0.2) is 0 Å². The first-order valence-electron chi connectivity index (χ1n) is 4.55. The van der Waals surface area contributed by atoms with Crippen molar-refractivity contribution in [1.82, 2.24) is 9.97 Å². The van der Waals surface area contributed by atoms with Crippen molar-refractivity contribution in [2.45, 2.75) is 6.42 Å². The second-order valence-corrected chi connectivity index (χ2v) is 3.12. The second kappa shape index (κ2) is 3.67. The quantitative estimate of drug-likeness (QED) is 0.762. The molecule has 0 fully saturated rings. The van der Waals surface area contributed by atoms with Crippen LogP contribution in [0.1, 0.15) is 5.56 Å². The summed E-state index contributed by atoms with van der Waals surface area (Å²) in [6.45, 7) is 0.643. The van der Waals surface area contributed by atoms with E-state index in [9.17, 15) is 0 Å². The number of rotatable bonds is 3. The van der Waals surface area contributed by atoms with Gasteiger partial charge in [0.1, 0.15) is 11.4 Å². The minimum absolute atomic E-state index is 0.643. The number of nitrogens with two attached hydrogens (primary N) is 1. The van der Waals surface area contributed by atoms with Gasteiger partial charge in [-0.1, -0.05) is 0 Å².